The molecule has 3 atom stereocenters. The van der Waals surface area contributed by atoms with Crippen LogP contribution in [0.3, 0.4) is 0 Å². The van der Waals surface area contributed by atoms with Crippen LogP contribution < -0.4 is 5.32 Å². The molecule has 3 heteroatoms. The van der Waals surface area contributed by atoms with Crippen molar-refractivity contribution in [2.24, 2.45) is 0 Å². The monoisotopic (exact) mass is 214 g/mol. The molecule has 1 saturated heterocycles. The minimum atomic E-state index is 0.249. The van der Waals surface area contributed by atoms with Crippen molar-refractivity contribution in [3.05, 3.63) is 0 Å². The second kappa shape index (κ2) is 6.46. The Kier molecular flexibility index (Phi) is 5.58. The average molecular weight is 214 g/mol. The van der Waals surface area contributed by atoms with Crippen LogP contribution >= 0.6 is 0 Å². The van der Waals surface area contributed by atoms with Crippen molar-refractivity contribution in [1.29, 1.82) is 0 Å². The molecule has 0 spiro atoms. The van der Waals surface area contributed by atoms with Crippen molar-refractivity contribution in [3.63, 3.8) is 0 Å². The zero-order valence-electron chi connectivity index (χ0n) is 10.4. The quantitative estimate of drug-likeness (QED) is 0.722. The standard InChI is InChI=1S/C12H26N2O/c1-10(14(3)11(2)9-15)8-12-6-4-5-7-13-12/h10-13,15H,4-9H2,1-3H3. The number of likely N-dealkylation sites (N-methyl/N-ethyl adjacent to an activating group) is 1. The van der Waals surface area contributed by atoms with Gasteiger partial charge in [-0.15, -0.1) is 0 Å². The molecule has 3 unspecified atom stereocenters. The van der Waals surface area contributed by atoms with Gasteiger partial charge in [0.25, 0.3) is 0 Å². The highest BCUT2D eigenvalue weighted by molar-refractivity contribution is 4.79. The number of nitrogens with one attached hydrogen (secondary N) is 1. The van der Waals surface area contributed by atoms with E-state index in [0.29, 0.717) is 12.1 Å². The summed E-state index contributed by atoms with van der Waals surface area (Å²) in [6.45, 7) is 5.75. The molecule has 0 radical (unpaired) electrons. The van der Waals surface area contributed by atoms with Gasteiger partial charge in [0.1, 0.15) is 0 Å². The molecule has 1 heterocycles. The lowest BCUT2D eigenvalue weighted by atomic mass is 9.98. The SMILES string of the molecule is CC(CO)N(C)C(C)CC1CCCCN1. The number of hydrogen-bond acceptors (Lipinski definition) is 3. The van der Waals surface area contributed by atoms with Gasteiger partial charge in [-0.05, 0) is 46.7 Å². The zero-order valence-corrected chi connectivity index (χ0v) is 10.4. The van der Waals surface area contributed by atoms with E-state index in [9.17, 15) is 0 Å². The minimum Gasteiger partial charge on any atom is -0.395 e. The molecule has 0 amide bonds. The van der Waals surface area contributed by atoms with Crippen LogP contribution in [0.4, 0.5) is 0 Å². The molecule has 1 fully saturated rings. The van der Waals surface area contributed by atoms with Gasteiger partial charge in [-0.25, -0.2) is 0 Å². The molecule has 2 N–H and O–H groups in total. The van der Waals surface area contributed by atoms with E-state index in [1.54, 1.807) is 0 Å². The van der Waals surface area contributed by atoms with Gasteiger partial charge in [0.05, 0.1) is 6.61 Å². The lowest BCUT2D eigenvalue weighted by Crippen LogP contribution is -2.44. The van der Waals surface area contributed by atoms with Crippen molar-refractivity contribution >= 4 is 0 Å². The van der Waals surface area contributed by atoms with Gasteiger partial charge in [0.2, 0.25) is 0 Å². The van der Waals surface area contributed by atoms with Gasteiger partial charge < -0.3 is 10.4 Å². The summed E-state index contributed by atoms with van der Waals surface area (Å²) in [5.74, 6) is 0. The highest BCUT2D eigenvalue weighted by Crippen LogP contribution is 2.15. The molecule has 90 valence electrons. The van der Waals surface area contributed by atoms with Gasteiger partial charge in [0, 0.05) is 18.1 Å². The Balaban J connectivity index is 2.29. The lowest BCUT2D eigenvalue weighted by Gasteiger charge is -2.33. The fourth-order valence-corrected chi connectivity index (χ4v) is 2.27. The fraction of sp³-hybridized carbons (Fsp3) is 1.00. The van der Waals surface area contributed by atoms with Gasteiger partial charge in [-0.1, -0.05) is 6.42 Å². The van der Waals surface area contributed by atoms with Gasteiger partial charge in [-0.2, -0.15) is 0 Å². The molecule has 0 bridgehead atoms. The first kappa shape index (κ1) is 12.9. The van der Waals surface area contributed by atoms with E-state index in [2.05, 4.69) is 31.1 Å². The first-order valence-corrected chi connectivity index (χ1v) is 6.21. The van der Waals surface area contributed by atoms with Crippen LogP contribution in [0.25, 0.3) is 0 Å². The summed E-state index contributed by atoms with van der Waals surface area (Å²) in [6, 6.07) is 1.49. The second-order valence-electron chi connectivity index (χ2n) is 4.93. The smallest absolute Gasteiger partial charge is 0.0584 e. The van der Waals surface area contributed by atoms with E-state index in [1.807, 2.05) is 0 Å². The van der Waals surface area contributed by atoms with E-state index in [4.69, 9.17) is 5.11 Å². The summed E-state index contributed by atoms with van der Waals surface area (Å²) in [7, 11) is 2.11. The molecule has 0 saturated carbocycles. The van der Waals surface area contributed by atoms with E-state index in [1.165, 1.54) is 32.2 Å². The summed E-state index contributed by atoms with van der Waals surface area (Å²) in [5.41, 5.74) is 0. The molecule has 0 aromatic rings. The summed E-state index contributed by atoms with van der Waals surface area (Å²) in [5, 5.41) is 12.7. The lowest BCUT2D eigenvalue weighted by molar-refractivity contribution is 0.114. The predicted octanol–water partition coefficient (Wildman–Crippen LogP) is 1.22. The number of piperidine rings is 1. The number of nitrogens with zero attached hydrogens (tertiary/aromatic N) is 1. The average Bonchev–Trinajstić information content (AvgIpc) is 2.28. The summed E-state index contributed by atoms with van der Waals surface area (Å²) in [6.07, 6.45) is 5.20. The maximum absolute atomic E-state index is 9.10. The van der Waals surface area contributed by atoms with E-state index in [-0.39, 0.29) is 12.6 Å². The molecule has 1 aliphatic heterocycles. The second-order valence-corrected chi connectivity index (χ2v) is 4.93. The highest BCUT2D eigenvalue weighted by atomic mass is 16.3. The zero-order chi connectivity index (χ0) is 11.3. The van der Waals surface area contributed by atoms with E-state index >= 15 is 0 Å². The molecule has 1 rings (SSSR count). The van der Waals surface area contributed by atoms with E-state index in [0.717, 1.165) is 0 Å². The predicted molar refractivity (Wildman–Crippen MR) is 64.0 cm³/mol. The van der Waals surface area contributed by atoms with Crippen molar-refractivity contribution in [2.45, 2.75) is 57.7 Å². The summed E-state index contributed by atoms with van der Waals surface area (Å²) < 4.78 is 0. The third kappa shape index (κ3) is 4.09. The number of aliphatic hydroxyl groups excluding tert-OH is 1. The molecule has 0 aromatic heterocycles. The number of rotatable bonds is 5. The van der Waals surface area contributed by atoms with Gasteiger partial charge >= 0.3 is 0 Å². The molecule has 0 aromatic carbocycles. The number of hydrogen-bond donors (Lipinski definition) is 2. The van der Waals surface area contributed by atoms with E-state index < -0.39 is 0 Å². The van der Waals surface area contributed by atoms with Crippen LogP contribution in [-0.4, -0.2) is 48.3 Å². The maximum atomic E-state index is 9.10. The van der Waals surface area contributed by atoms with Crippen LogP contribution in [0.15, 0.2) is 0 Å². The van der Waals surface area contributed by atoms with Crippen LogP contribution in [0.5, 0.6) is 0 Å². The Bertz CT molecular complexity index is 169. The van der Waals surface area contributed by atoms with Gasteiger partial charge in [0.15, 0.2) is 0 Å². The van der Waals surface area contributed by atoms with Crippen LogP contribution in [0, 0.1) is 0 Å². The normalized spacial score (nSPS) is 26.6. The Morgan fingerprint density at radius 3 is 2.60 bits per heavy atom. The topological polar surface area (TPSA) is 35.5 Å². The fourth-order valence-electron chi connectivity index (χ4n) is 2.27. The van der Waals surface area contributed by atoms with Crippen LogP contribution in [-0.2, 0) is 0 Å². The summed E-state index contributed by atoms with van der Waals surface area (Å²) in [4.78, 5) is 2.27. The third-order valence-corrected chi connectivity index (χ3v) is 3.69. The first-order valence-electron chi connectivity index (χ1n) is 6.21. The molecular formula is C12H26N2O. The van der Waals surface area contributed by atoms with Gasteiger partial charge in [-0.3, -0.25) is 4.90 Å². The van der Waals surface area contributed by atoms with Crippen molar-refractivity contribution in [2.75, 3.05) is 20.2 Å². The van der Waals surface area contributed by atoms with Crippen molar-refractivity contribution < 1.29 is 5.11 Å². The number of aliphatic hydroxyl groups is 1. The molecule has 0 aliphatic carbocycles. The van der Waals surface area contributed by atoms with Crippen molar-refractivity contribution in [3.8, 4) is 0 Å². The Labute approximate surface area is 93.9 Å². The Morgan fingerprint density at radius 2 is 2.07 bits per heavy atom. The highest BCUT2D eigenvalue weighted by Gasteiger charge is 2.20. The molecule has 15 heavy (non-hydrogen) atoms. The van der Waals surface area contributed by atoms with Crippen LogP contribution in [0.2, 0.25) is 0 Å². The third-order valence-electron chi connectivity index (χ3n) is 3.69. The molecule has 3 nitrogen and oxygen atoms in total. The summed E-state index contributed by atoms with van der Waals surface area (Å²) >= 11 is 0. The Morgan fingerprint density at radius 1 is 1.33 bits per heavy atom. The Hall–Kier alpha value is -0.120. The van der Waals surface area contributed by atoms with Crippen LogP contribution in [0.1, 0.15) is 39.5 Å². The first-order chi connectivity index (χ1) is 7.15. The minimum absolute atomic E-state index is 0.249. The van der Waals surface area contributed by atoms with Crippen molar-refractivity contribution in [1.82, 2.24) is 10.2 Å². The molecule has 1 aliphatic rings. The maximum Gasteiger partial charge on any atom is 0.0584 e. The largest absolute Gasteiger partial charge is 0.395 e. The molecular weight excluding hydrogens is 188 g/mol.